The lowest BCUT2D eigenvalue weighted by Crippen LogP contribution is -2.55. The summed E-state index contributed by atoms with van der Waals surface area (Å²) in [4.78, 5) is 0. The van der Waals surface area contributed by atoms with E-state index < -0.39 is 0 Å². The summed E-state index contributed by atoms with van der Waals surface area (Å²) in [7, 11) is 0. The molecule has 4 saturated carbocycles. The quantitative estimate of drug-likeness (QED) is 0.698. The highest BCUT2D eigenvalue weighted by molar-refractivity contribution is 5.09. The molecule has 0 saturated heterocycles. The summed E-state index contributed by atoms with van der Waals surface area (Å²) < 4.78 is 0. The minimum absolute atomic E-state index is 0.0101. The molecule has 0 aliphatic heterocycles. The molecule has 22 heavy (non-hydrogen) atoms. The number of fused-ring (bicyclic) bond motifs is 5. The van der Waals surface area contributed by atoms with Crippen LogP contribution in [0.1, 0.15) is 64.7 Å². The smallest absolute Gasteiger partial charge is 0.0596 e. The molecule has 4 rings (SSSR count). The van der Waals surface area contributed by atoms with Crippen molar-refractivity contribution in [1.29, 1.82) is 0 Å². The lowest BCUT2D eigenvalue weighted by Gasteiger charge is -2.59. The highest BCUT2D eigenvalue weighted by Gasteiger charge is 2.59. The first kappa shape index (κ1) is 15.4. The van der Waals surface area contributed by atoms with E-state index in [0.717, 1.165) is 50.4 Å². The van der Waals surface area contributed by atoms with E-state index in [1.807, 2.05) is 0 Å². The van der Waals surface area contributed by atoms with Crippen LogP contribution in [-0.4, -0.2) is 34.1 Å². The molecular weight excluding hydrogens is 276 g/mol. The molecule has 0 heterocycles. The monoisotopic (exact) mass is 308 g/mol. The Kier molecular flexibility index (Phi) is 3.63. The van der Waals surface area contributed by atoms with E-state index in [1.165, 1.54) is 19.3 Å². The Morgan fingerprint density at radius 3 is 2.32 bits per heavy atom. The SMILES string of the molecule is C[C@]12CC[C@H]3[C@@H](CC[C@]4(CO)C[C@@H](O)CC[C@H]34)[C@@H]1CC[C@@H]2O. The Balaban J connectivity index is 1.62. The molecule has 4 aliphatic rings. The maximum atomic E-state index is 10.5. The first-order valence-electron chi connectivity index (χ1n) is 9.47. The van der Waals surface area contributed by atoms with E-state index in [0.29, 0.717) is 11.8 Å². The van der Waals surface area contributed by atoms with Gasteiger partial charge in [0.25, 0.3) is 0 Å². The van der Waals surface area contributed by atoms with Crippen molar-refractivity contribution < 1.29 is 15.3 Å². The Bertz CT molecular complexity index is 438. The van der Waals surface area contributed by atoms with E-state index in [9.17, 15) is 15.3 Å². The van der Waals surface area contributed by atoms with Crippen LogP contribution in [-0.2, 0) is 0 Å². The predicted octanol–water partition coefficient (Wildman–Crippen LogP) is 2.72. The predicted molar refractivity (Wildman–Crippen MR) is 85.2 cm³/mol. The molecule has 0 aromatic heterocycles. The number of hydrogen-bond acceptors (Lipinski definition) is 3. The van der Waals surface area contributed by atoms with Crippen LogP contribution in [0.2, 0.25) is 0 Å². The third-order valence-electron chi connectivity index (χ3n) is 8.49. The van der Waals surface area contributed by atoms with Gasteiger partial charge in [0.15, 0.2) is 0 Å². The van der Waals surface area contributed by atoms with Crippen molar-refractivity contribution in [2.45, 2.75) is 76.9 Å². The van der Waals surface area contributed by atoms with Crippen molar-refractivity contribution in [3.05, 3.63) is 0 Å². The molecule has 8 atom stereocenters. The van der Waals surface area contributed by atoms with Gasteiger partial charge in [-0.2, -0.15) is 0 Å². The zero-order valence-electron chi connectivity index (χ0n) is 13.9. The van der Waals surface area contributed by atoms with Crippen molar-refractivity contribution in [2.24, 2.45) is 34.5 Å². The fraction of sp³-hybridized carbons (Fsp3) is 1.00. The maximum Gasteiger partial charge on any atom is 0.0596 e. The number of aliphatic hydroxyl groups is 3. The highest BCUT2D eigenvalue weighted by Crippen LogP contribution is 2.65. The van der Waals surface area contributed by atoms with Crippen LogP contribution in [0, 0.1) is 34.5 Å². The average molecular weight is 308 g/mol. The van der Waals surface area contributed by atoms with E-state index in [2.05, 4.69) is 6.92 Å². The van der Waals surface area contributed by atoms with Gasteiger partial charge in [-0.05, 0) is 92.3 Å². The van der Waals surface area contributed by atoms with Gasteiger partial charge in [0.2, 0.25) is 0 Å². The molecule has 0 aromatic carbocycles. The molecule has 4 aliphatic carbocycles. The third-order valence-corrected chi connectivity index (χ3v) is 8.49. The van der Waals surface area contributed by atoms with E-state index >= 15 is 0 Å². The Labute approximate surface area is 134 Å². The standard InChI is InChI=1S/C19H32O3/c1-18-8-6-14-13(15(18)4-5-17(18)22)7-9-19(11-20)10-12(21)2-3-16(14)19/h12-17,20-22H,2-11H2,1H3/t12-,13+,14-,15-,16+,17-,18-,19+/m0/s1. The van der Waals surface area contributed by atoms with Crippen molar-refractivity contribution in [1.82, 2.24) is 0 Å². The molecule has 3 heteroatoms. The van der Waals surface area contributed by atoms with Crippen molar-refractivity contribution in [2.75, 3.05) is 6.61 Å². The summed E-state index contributed by atoms with van der Waals surface area (Å²) in [5.41, 5.74) is 0.137. The van der Waals surface area contributed by atoms with Crippen molar-refractivity contribution in [3.8, 4) is 0 Å². The van der Waals surface area contributed by atoms with Crippen LogP contribution in [0.5, 0.6) is 0 Å². The summed E-state index contributed by atoms with van der Waals surface area (Å²) in [5, 5.41) is 30.7. The minimum Gasteiger partial charge on any atom is -0.396 e. The van der Waals surface area contributed by atoms with Gasteiger partial charge in [0.1, 0.15) is 0 Å². The lowest BCUT2D eigenvalue weighted by molar-refractivity contribution is -0.143. The van der Waals surface area contributed by atoms with Gasteiger partial charge in [-0.1, -0.05) is 6.92 Å². The molecular formula is C19H32O3. The molecule has 0 amide bonds. The summed E-state index contributed by atoms with van der Waals surface area (Å²) in [6, 6.07) is 0. The summed E-state index contributed by atoms with van der Waals surface area (Å²) in [6.45, 7) is 2.58. The van der Waals surface area contributed by atoms with Gasteiger partial charge in [-0.15, -0.1) is 0 Å². The molecule has 4 fully saturated rings. The summed E-state index contributed by atoms with van der Waals surface area (Å²) in [5.74, 6) is 2.75. The number of hydrogen-bond donors (Lipinski definition) is 3. The number of aliphatic hydroxyl groups excluding tert-OH is 3. The van der Waals surface area contributed by atoms with Crippen LogP contribution in [0.25, 0.3) is 0 Å². The Morgan fingerprint density at radius 2 is 1.55 bits per heavy atom. The second kappa shape index (κ2) is 5.19. The molecule has 0 radical (unpaired) electrons. The molecule has 0 spiro atoms. The largest absolute Gasteiger partial charge is 0.396 e. The molecule has 3 nitrogen and oxygen atoms in total. The van der Waals surface area contributed by atoms with Gasteiger partial charge in [-0.3, -0.25) is 0 Å². The first-order chi connectivity index (χ1) is 10.5. The molecule has 3 N–H and O–H groups in total. The van der Waals surface area contributed by atoms with Crippen LogP contribution in [0.15, 0.2) is 0 Å². The molecule has 126 valence electrons. The zero-order valence-corrected chi connectivity index (χ0v) is 13.9. The summed E-state index contributed by atoms with van der Waals surface area (Å²) >= 11 is 0. The van der Waals surface area contributed by atoms with Crippen LogP contribution < -0.4 is 0 Å². The lowest BCUT2D eigenvalue weighted by atomic mass is 9.46. The van der Waals surface area contributed by atoms with E-state index in [1.54, 1.807) is 0 Å². The second-order valence-electron chi connectivity index (χ2n) is 9.17. The fourth-order valence-corrected chi connectivity index (χ4v) is 7.28. The molecule has 0 unspecified atom stereocenters. The second-order valence-corrected chi connectivity index (χ2v) is 9.17. The van der Waals surface area contributed by atoms with Crippen LogP contribution in [0.3, 0.4) is 0 Å². The first-order valence-corrected chi connectivity index (χ1v) is 9.47. The molecule has 0 aromatic rings. The van der Waals surface area contributed by atoms with E-state index in [4.69, 9.17) is 0 Å². The third kappa shape index (κ3) is 1.98. The van der Waals surface area contributed by atoms with Gasteiger partial charge >= 0.3 is 0 Å². The zero-order chi connectivity index (χ0) is 15.5. The maximum absolute atomic E-state index is 10.5. The number of rotatable bonds is 1. The highest BCUT2D eigenvalue weighted by atomic mass is 16.3. The van der Waals surface area contributed by atoms with Gasteiger partial charge in [0, 0.05) is 6.61 Å². The van der Waals surface area contributed by atoms with Gasteiger partial charge in [0.05, 0.1) is 12.2 Å². The average Bonchev–Trinajstić information content (AvgIpc) is 2.82. The van der Waals surface area contributed by atoms with Crippen molar-refractivity contribution >= 4 is 0 Å². The Hall–Kier alpha value is -0.120. The Morgan fingerprint density at radius 1 is 0.864 bits per heavy atom. The normalized spacial score (nSPS) is 57.8. The molecule has 0 bridgehead atoms. The van der Waals surface area contributed by atoms with Gasteiger partial charge < -0.3 is 15.3 Å². The summed E-state index contributed by atoms with van der Waals surface area (Å²) in [6.07, 6.45) is 9.34. The van der Waals surface area contributed by atoms with Crippen molar-refractivity contribution in [3.63, 3.8) is 0 Å². The van der Waals surface area contributed by atoms with Gasteiger partial charge in [-0.25, -0.2) is 0 Å². The topological polar surface area (TPSA) is 60.7 Å². The van der Waals surface area contributed by atoms with E-state index in [-0.39, 0.29) is 29.6 Å². The van der Waals surface area contributed by atoms with Crippen LogP contribution in [0.4, 0.5) is 0 Å². The van der Waals surface area contributed by atoms with Crippen LogP contribution >= 0.6 is 0 Å². The fourth-order valence-electron chi connectivity index (χ4n) is 7.28. The minimum atomic E-state index is -0.206.